The molecule has 0 bridgehead atoms. The van der Waals surface area contributed by atoms with Gasteiger partial charge in [0, 0.05) is 17.3 Å². The van der Waals surface area contributed by atoms with Crippen molar-refractivity contribution < 1.29 is 22.8 Å². The van der Waals surface area contributed by atoms with Crippen LogP contribution in [0, 0.1) is 17.5 Å². The van der Waals surface area contributed by atoms with Gasteiger partial charge in [0.2, 0.25) is 5.91 Å². The van der Waals surface area contributed by atoms with E-state index in [9.17, 15) is 22.8 Å². The monoisotopic (exact) mass is 428 g/mol. The van der Waals surface area contributed by atoms with Crippen LogP contribution in [0.15, 0.2) is 66.7 Å². The van der Waals surface area contributed by atoms with E-state index >= 15 is 0 Å². The van der Waals surface area contributed by atoms with Crippen molar-refractivity contribution in [2.45, 2.75) is 5.37 Å². The maximum absolute atomic E-state index is 14.2. The summed E-state index contributed by atoms with van der Waals surface area (Å²) in [5.41, 5.74) is 1.58. The molecule has 1 N–H and O–H groups in total. The van der Waals surface area contributed by atoms with Gasteiger partial charge in [-0.1, -0.05) is 12.1 Å². The van der Waals surface area contributed by atoms with E-state index in [1.165, 1.54) is 47.0 Å². The summed E-state index contributed by atoms with van der Waals surface area (Å²) in [5, 5.41) is 2.24. The van der Waals surface area contributed by atoms with Crippen LogP contribution in [0.3, 0.4) is 0 Å². The summed E-state index contributed by atoms with van der Waals surface area (Å²) in [5.74, 6) is -2.44. The van der Waals surface area contributed by atoms with Crippen LogP contribution in [-0.2, 0) is 4.79 Å². The van der Waals surface area contributed by atoms with E-state index in [1.54, 1.807) is 24.3 Å². The number of nitrogens with one attached hydrogen (secondary N) is 1. The van der Waals surface area contributed by atoms with Crippen LogP contribution in [0.2, 0.25) is 0 Å². The zero-order valence-corrected chi connectivity index (χ0v) is 16.3. The van der Waals surface area contributed by atoms with Gasteiger partial charge in [-0.2, -0.15) is 0 Å². The molecule has 0 saturated carbocycles. The summed E-state index contributed by atoms with van der Waals surface area (Å²) in [6, 6.07) is 15.1. The molecular formula is C22H15F3N2O2S. The number of anilines is 2. The van der Waals surface area contributed by atoms with Crippen molar-refractivity contribution in [1.29, 1.82) is 0 Å². The Bertz CT molecular complexity index is 1100. The van der Waals surface area contributed by atoms with E-state index in [2.05, 4.69) is 5.32 Å². The van der Waals surface area contributed by atoms with Gasteiger partial charge in [0.15, 0.2) is 0 Å². The third-order valence-electron chi connectivity index (χ3n) is 4.60. The summed E-state index contributed by atoms with van der Waals surface area (Å²) in [6.45, 7) is 0. The molecule has 1 aliphatic rings. The van der Waals surface area contributed by atoms with Gasteiger partial charge in [-0.05, 0) is 54.1 Å². The number of benzene rings is 3. The average molecular weight is 428 g/mol. The van der Waals surface area contributed by atoms with E-state index in [-0.39, 0.29) is 23.3 Å². The molecule has 1 atom stereocenters. The Morgan fingerprint density at radius 2 is 1.60 bits per heavy atom. The first kappa shape index (κ1) is 20.0. The fourth-order valence-electron chi connectivity index (χ4n) is 3.14. The molecule has 2 amide bonds. The van der Waals surface area contributed by atoms with Gasteiger partial charge in [-0.25, -0.2) is 13.2 Å². The molecule has 0 spiro atoms. The fourth-order valence-corrected chi connectivity index (χ4v) is 4.31. The van der Waals surface area contributed by atoms with Crippen molar-refractivity contribution in [3.05, 3.63) is 95.3 Å². The minimum absolute atomic E-state index is 0.0186. The highest BCUT2D eigenvalue weighted by Gasteiger charge is 2.35. The predicted molar refractivity (Wildman–Crippen MR) is 110 cm³/mol. The van der Waals surface area contributed by atoms with Crippen LogP contribution >= 0.6 is 11.8 Å². The molecule has 1 heterocycles. The molecule has 3 aromatic carbocycles. The zero-order valence-electron chi connectivity index (χ0n) is 15.4. The van der Waals surface area contributed by atoms with Crippen LogP contribution in [0.4, 0.5) is 24.5 Å². The molecule has 4 nitrogen and oxygen atoms in total. The quantitative estimate of drug-likeness (QED) is 0.627. The minimum atomic E-state index is -0.806. The van der Waals surface area contributed by atoms with E-state index in [4.69, 9.17) is 0 Å². The third kappa shape index (κ3) is 4.04. The van der Waals surface area contributed by atoms with Gasteiger partial charge in [0.1, 0.15) is 22.8 Å². The lowest BCUT2D eigenvalue weighted by molar-refractivity contribution is -0.115. The summed E-state index contributed by atoms with van der Waals surface area (Å²) < 4.78 is 40.5. The van der Waals surface area contributed by atoms with E-state index in [1.807, 2.05) is 0 Å². The van der Waals surface area contributed by atoms with Crippen molar-refractivity contribution in [3.8, 4) is 0 Å². The number of thioether (sulfide) groups is 1. The lowest BCUT2D eigenvalue weighted by Gasteiger charge is -2.25. The molecule has 1 fully saturated rings. The predicted octanol–water partition coefficient (Wildman–Crippen LogP) is 5.13. The van der Waals surface area contributed by atoms with Gasteiger partial charge < -0.3 is 5.32 Å². The van der Waals surface area contributed by atoms with Crippen molar-refractivity contribution in [3.63, 3.8) is 0 Å². The van der Waals surface area contributed by atoms with Crippen LogP contribution in [0.1, 0.15) is 21.3 Å². The molecule has 152 valence electrons. The molecule has 0 radical (unpaired) electrons. The van der Waals surface area contributed by atoms with Gasteiger partial charge in [0.05, 0.1) is 11.4 Å². The molecule has 8 heteroatoms. The Labute approximate surface area is 174 Å². The molecule has 0 aliphatic carbocycles. The second kappa shape index (κ2) is 8.23. The highest BCUT2D eigenvalue weighted by Crippen LogP contribution is 2.42. The molecule has 1 aliphatic heterocycles. The van der Waals surface area contributed by atoms with Gasteiger partial charge in [-0.3, -0.25) is 14.5 Å². The maximum atomic E-state index is 14.2. The van der Waals surface area contributed by atoms with Crippen LogP contribution in [-0.4, -0.2) is 17.6 Å². The highest BCUT2D eigenvalue weighted by atomic mass is 32.2. The highest BCUT2D eigenvalue weighted by molar-refractivity contribution is 8.00. The molecule has 1 saturated heterocycles. The Morgan fingerprint density at radius 1 is 0.933 bits per heavy atom. The Hall–Kier alpha value is -3.26. The van der Waals surface area contributed by atoms with Crippen LogP contribution in [0.25, 0.3) is 0 Å². The van der Waals surface area contributed by atoms with Crippen molar-refractivity contribution in [2.75, 3.05) is 16.0 Å². The van der Waals surface area contributed by atoms with Crippen molar-refractivity contribution in [2.24, 2.45) is 0 Å². The number of rotatable bonds is 4. The zero-order chi connectivity index (χ0) is 21.3. The summed E-state index contributed by atoms with van der Waals surface area (Å²) in [4.78, 5) is 25.9. The largest absolute Gasteiger partial charge is 0.322 e. The number of carbonyl (C=O) groups is 2. The van der Waals surface area contributed by atoms with Crippen molar-refractivity contribution in [1.82, 2.24) is 0 Å². The Kier molecular flexibility index (Phi) is 5.50. The molecule has 3 aromatic rings. The summed E-state index contributed by atoms with van der Waals surface area (Å²) in [6.07, 6.45) is 0. The first-order valence-electron chi connectivity index (χ1n) is 8.98. The number of nitrogens with zero attached hydrogens (tertiary/aromatic N) is 1. The lowest BCUT2D eigenvalue weighted by Crippen LogP contribution is -2.28. The van der Waals surface area contributed by atoms with Crippen molar-refractivity contribution >= 4 is 35.0 Å². The second-order valence-electron chi connectivity index (χ2n) is 6.61. The van der Waals surface area contributed by atoms with E-state index in [0.717, 1.165) is 17.7 Å². The summed E-state index contributed by atoms with van der Waals surface area (Å²) >= 11 is 1.33. The SMILES string of the molecule is O=C(Nc1ccc([C@H]2SCC(=O)N2c2ccc(F)cc2F)cc1)c1ccc(F)cc1. The first-order valence-corrected chi connectivity index (χ1v) is 10.0. The normalized spacial score (nSPS) is 16.0. The molecule has 4 rings (SSSR count). The fraction of sp³-hybridized carbons (Fsp3) is 0.0909. The third-order valence-corrected chi connectivity index (χ3v) is 5.81. The smallest absolute Gasteiger partial charge is 0.255 e. The number of amides is 2. The number of halogens is 3. The average Bonchev–Trinajstić information content (AvgIpc) is 3.10. The topological polar surface area (TPSA) is 49.4 Å². The van der Waals surface area contributed by atoms with Gasteiger partial charge in [-0.15, -0.1) is 11.8 Å². The number of carbonyl (C=O) groups excluding carboxylic acids is 2. The Morgan fingerprint density at radius 3 is 2.27 bits per heavy atom. The van der Waals surface area contributed by atoms with Gasteiger partial charge >= 0.3 is 0 Å². The minimum Gasteiger partial charge on any atom is -0.322 e. The lowest BCUT2D eigenvalue weighted by atomic mass is 10.1. The maximum Gasteiger partial charge on any atom is 0.255 e. The Balaban J connectivity index is 1.53. The molecule has 30 heavy (non-hydrogen) atoms. The molecule has 0 aromatic heterocycles. The standard InChI is InChI=1S/C22H15F3N2O2S/c23-15-5-1-13(2-6-15)21(29)26-17-8-3-14(4-9-17)22-27(20(28)12-30-22)19-10-7-16(24)11-18(19)25/h1-11,22H,12H2,(H,26,29)/t22-/m1/s1. The van der Waals surface area contributed by atoms with Gasteiger partial charge in [0.25, 0.3) is 5.91 Å². The van der Waals surface area contributed by atoms with Crippen LogP contribution in [0.5, 0.6) is 0 Å². The number of hydrogen-bond acceptors (Lipinski definition) is 3. The van der Waals surface area contributed by atoms with E-state index < -0.39 is 22.8 Å². The van der Waals surface area contributed by atoms with E-state index in [0.29, 0.717) is 11.3 Å². The molecule has 0 unspecified atom stereocenters. The van der Waals surface area contributed by atoms with Crippen LogP contribution < -0.4 is 10.2 Å². The first-order chi connectivity index (χ1) is 14.4. The number of hydrogen-bond donors (Lipinski definition) is 1. The second-order valence-corrected chi connectivity index (χ2v) is 7.67. The molecular weight excluding hydrogens is 413 g/mol. The summed E-state index contributed by atoms with van der Waals surface area (Å²) in [7, 11) is 0.